The molecule has 0 unspecified atom stereocenters. The predicted molar refractivity (Wildman–Crippen MR) is 123 cm³/mol. The van der Waals surface area contributed by atoms with Crippen LogP contribution in [0.5, 0.6) is 17.2 Å². The molecule has 4 rings (SSSR count). The maximum Gasteiger partial charge on any atom is 0.127 e. The monoisotopic (exact) mass is 394 g/mol. The molecule has 0 radical (unpaired) electrons. The van der Waals surface area contributed by atoms with Gasteiger partial charge in [0.15, 0.2) is 0 Å². The van der Waals surface area contributed by atoms with Gasteiger partial charge in [-0.3, -0.25) is 0 Å². The number of methoxy groups -OCH3 is 1. The lowest BCUT2D eigenvalue weighted by Gasteiger charge is -2.08. The van der Waals surface area contributed by atoms with E-state index in [0.717, 1.165) is 30.1 Å². The molecule has 0 bridgehead atoms. The van der Waals surface area contributed by atoms with Gasteiger partial charge in [0.2, 0.25) is 0 Å². The molecule has 0 fully saturated rings. The van der Waals surface area contributed by atoms with E-state index in [4.69, 9.17) is 9.47 Å². The molecule has 0 aliphatic rings. The molecule has 0 aromatic heterocycles. The van der Waals surface area contributed by atoms with Crippen molar-refractivity contribution in [2.75, 3.05) is 7.11 Å². The summed E-state index contributed by atoms with van der Waals surface area (Å²) in [7, 11) is 1.69. The van der Waals surface area contributed by atoms with E-state index in [9.17, 15) is 0 Å². The predicted octanol–water partition coefficient (Wildman–Crippen LogP) is 6.98. The lowest BCUT2D eigenvalue weighted by molar-refractivity contribution is 0.414. The Morgan fingerprint density at radius 1 is 0.467 bits per heavy atom. The number of rotatable bonds is 7. The van der Waals surface area contributed by atoms with Crippen LogP contribution in [0.1, 0.15) is 27.8 Å². The van der Waals surface area contributed by atoms with E-state index in [-0.39, 0.29) is 0 Å². The minimum Gasteiger partial charge on any atom is -0.497 e. The van der Waals surface area contributed by atoms with Crippen molar-refractivity contribution in [1.29, 1.82) is 0 Å². The zero-order valence-corrected chi connectivity index (χ0v) is 17.5. The van der Waals surface area contributed by atoms with Crippen molar-refractivity contribution in [2.45, 2.75) is 19.8 Å². The Hall–Kier alpha value is -3.52. The molecule has 0 atom stereocenters. The first-order valence-electron chi connectivity index (χ1n) is 10.2. The average molecular weight is 395 g/mol. The number of hydrogen-bond donors (Lipinski definition) is 0. The lowest BCUT2D eigenvalue weighted by atomic mass is 10.0. The fraction of sp³-hybridized carbons (Fsp3) is 0.143. The number of ether oxygens (including phenoxy) is 2. The standard InChI is InChI=1S/C28H26O2/c1-21-3-13-27(14-4-21)30-28-17-11-25(12-18-28)20-23-7-5-22(6-8-23)19-24-9-15-26(29-2)16-10-24/h3-18H,19-20H2,1-2H3. The summed E-state index contributed by atoms with van der Waals surface area (Å²) in [4.78, 5) is 0. The van der Waals surface area contributed by atoms with Gasteiger partial charge >= 0.3 is 0 Å². The van der Waals surface area contributed by atoms with Crippen molar-refractivity contribution in [3.05, 3.63) is 125 Å². The second-order valence-electron chi connectivity index (χ2n) is 7.58. The second-order valence-corrected chi connectivity index (χ2v) is 7.58. The van der Waals surface area contributed by atoms with Crippen LogP contribution in [0.2, 0.25) is 0 Å². The van der Waals surface area contributed by atoms with Crippen LogP contribution in [0.3, 0.4) is 0 Å². The Morgan fingerprint density at radius 3 is 1.20 bits per heavy atom. The van der Waals surface area contributed by atoms with Crippen molar-refractivity contribution in [3.8, 4) is 17.2 Å². The quantitative estimate of drug-likeness (QED) is 0.337. The van der Waals surface area contributed by atoms with Crippen molar-refractivity contribution >= 4 is 0 Å². The molecule has 0 heterocycles. The van der Waals surface area contributed by atoms with Crippen LogP contribution in [0, 0.1) is 6.92 Å². The molecule has 2 nitrogen and oxygen atoms in total. The third-order valence-electron chi connectivity index (χ3n) is 5.18. The van der Waals surface area contributed by atoms with E-state index in [2.05, 4.69) is 67.6 Å². The van der Waals surface area contributed by atoms with Gasteiger partial charge in [-0.2, -0.15) is 0 Å². The molecule has 0 aliphatic heterocycles. The van der Waals surface area contributed by atoms with E-state index in [1.54, 1.807) is 7.11 Å². The Bertz CT molecular complexity index is 1060. The average Bonchev–Trinajstić information content (AvgIpc) is 2.78. The summed E-state index contributed by atoms with van der Waals surface area (Å²) >= 11 is 0. The molecule has 0 saturated carbocycles. The van der Waals surface area contributed by atoms with Crippen molar-refractivity contribution in [1.82, 2.24) is 0 Å². The normalized spacial score (nSPS) is 10.6. The maximum atomic E-state index is 5.92. The van der Waals surface area contributed by atoms with Gasteiger partial charge in [-0.05, 0) is 78.4 Å². The minimum absolute atomic E-state index is 0.859. The van der Waals surface area contributed by atoms with E-state index < -0.39 is 0 Å². The molecule has 150 valence electrons. The zero-order valence-electron chi connectivity index (χ0n) is 17.5. The molecular weight excluding hydrogens is 368 g/mol. The Labute approximate surface area is 178 Å². The van der Waals surface area contributed by atoms with E-state index in [0.29, 0.717) is 0 Å². The molecule has 0 N–H and O–H groups in total. The Balaban J connectivity index is 1.35. The lowest BCUT2D eigenvalue weighted by Crippen LogP contribution is -1.92. The highest BCUT2D eigenvalue weighted by molar-refractivity contribution is 5.37. The van der Waals surface area contributed by atoms with Crippen LogP contribution in [-0.2, 0) is 12.8 Å². The minimum atomic E-state index is 0.859. The van der Waals surface area contributed by atoms with Gasteiger partial charge in [-0.25, -0.2) is 0 Å². The zero-order chi connectivity index (χ0) is 20.8. The first kappa shape index (κ1) is 19.8. The summed E-state index contributed by atoms with van der Waals surface area (Å²) in [5, 5.41) is 0. The van der Waals surface area contributed by atoms with Gasteiger partial charge in [-0.1, -0.05) is 66.2 Å². The summed E-state index contributed by atoms with van der Waals surface area (Å²) in [6, 6.07) is 33.6. The van der Waals surface area contributed by atoms with Gasteiger partial charge in [0.1, 0.15) is 17.2 Å². The molecule has 0 amide bonds. The molecule has 0 aliphatic carbocycles. The van der Waals surface area contributed by atoms with E-state index in [1.165, 1.54) is 27.8 Å². The van der Waals surface area contributed by atoms with Crippen molar-refractivity contribution in [3.63, 3.8) is 0 Å². The third-order valence-corrected chi connectivity index (χ3v) is 5.18. The summed E-state index contributed by atoms with van der Waals surface area (Å²) in [5.74, 6) is 2.61. The van der Waals surface area contributed by atoms with Crippen LogP contribution in [0.25, 0.3) is 0 Å². The first-order chi connectivity index (χ1) is 14.7. The molecule has 2 heteroatoms. The van der Waals surface area contributed by atoms with Crippen LogP contribution in [0.15, 0.2) is 97.1 Å². The number of hydrogen-bond acceptors (Lipinski definition) is 2. The molecule has 0 saturated heterocycles. The van der Waals surface area contributed by atoms with Gasteiger partial charge < -0.3 is 9.47 Å². The largest absolute Gasteiger partial charge is 0.497 e. The van der Waals surface area contributed by atoms with Crippen LogP contribution < -0.4 is 9.47 Å². The summed E-state index contributed by atoms with van der Waals surface area (Å²) in [6.07, 6.45) is 1.84. The van der Waals surface area contributed by atoms with Crippen molar-refractivity contribution < 1.29 is 9.47 Å². The molecule has 4 aromatic carbocycles. The van der Waals surface area contributed by atoms with Crippen molar-refractivity contribution in [2.24, 2.45) is 0 Å². The molecule has 0 spiro atoms. The highest BCUT2D eigenvalue weighted by Gasteiger charge is 2.02. The van der Waals surface area contributed by atoms with Crippen LogP contribution >= 0.6 is 0 Å². The maximum absolute atomic E-state index is 5.92. The topological polar surface area (TPSA) is 18.5 Å². The summed E-state index contributed by atoms with van der Waals surface area (Å²) in [6.45, 7) is 2.07. The molecule has 30 heavy (non-hydrogen) atoms. The fourth-order valence-corrected chi connectivity index (χ4v) is 3.41. The molecular formula is C28H26O2. The van der Waals surface area contributed by atoms with Gasteiger partial charge in [-0.15, -0.1) is 0 Å². The SMILES string of the molecule is COc1ccc(Cc2ccc(Cc3ccc(Oc4ccc(C)cc4)cc3)cc2)cc1. The fourth-order valence-electron chi connectivity index (χ4n) is 3.41. The van der Waals surface area contributed by atoms with Crippen LogP contribution in [0.4, 0.5) is 0 Å². The summed E-state index contributed by atoms with van der Waals surface area (Å²) in [5.41, 5.74) is 6.40. The Kier molecular flexibility index (Phi) is 6.14. The van der Waals surface area contributed by atoms with E-state index in [1.807, 2.05) is 36.4 Å². The highest BCUT2D eigenvalue weighted by Crippen LogP contribution is 2.23. The first-order valence-corrected chi connectivity index (χ1v) is 10.2. The number of benzene rings is 4. The second kappa shape index (κ2) is 9.32. The van der Waals surface area contributed by atoms with Gasteiger partial charge in [0.25, 0.3) is 0 Å². The third kappa shape index (κ3) is 5.30. The highest BCUT2D eigenvalue weighted by atomic mass is 16.5. The van der Waals surface area contributed by atoms with Gasteiger partial charge in [0.05, 0.1) is 7.11 Å². The smallest absolute Gasteiger partial charge is 0.127 e. The van der Waals surface area contributed by atoms with Gasteiger partial charge in [0, 0.05) is 0 Å². The number of aryl methyl sites for hydroxylation is 1. The van der Waals surface area contributed by atoms with Crippen LogP contribution in [-0.4, -0.2) is 7.11 Å². The summed E-state index contributed by atoms with van der Waals surface area (Å²) < 4.78 is 11.1. The molecule has 4 aromatic rings. The Morgan fingerprint density at radius 2 is 0.800 bits per heavy atom. The van der Waals surface area contributed by atoms with E-state index >= 15 is 0 Å².